The van der Waals surface area contributed by atoms with Crippen LogP contribution in [0, 0.1) is 0 Å². The summed E-state index contributed by atoms with van der Waals surface area (Å²) < 4.78 is 5.94. The van der Waals surface area contributed by atoms with Gasteiger partial charge in [0.05, 0.1) is 11.3 Å². The summed E-state index contributed by atoms with van der Waals surface area (Å²) in [6.07, 6.45) is 2.45. The Hall–Kier alpha value is -3.63. The average Bonchev–Trinajstić information content (AvgIpc) is 2.84. The van der Waals surface area contributed by atoms with Crippen molar-refractivity contribution in [2.45, 2.75) is 32.8 Å². The summed E-state index contributed by atoms with van der Waals surface area (Å²) in [6.45, 7) is 2.15. The topological polar surface area (TPSA) is 59.4 Å². The molecule has 4 aromatic rings. The lowest BCUT2D eigenvalue weighted by Gasteiger charge is -2.15. The normalized spacial score (nSPS) is 10.8. The highest BCUT2D eigenvalue weighted by atomic mass is 35.5. The third-order valence-electron chi connectivity index (χ3n) is 5.58. The Balaban J connectivity index is 1.56. The first kappa shape index (κ1) is 23.5. The smallest absolute Gasteiger partial charge is 0.337 e. The second-order valence-corrected chi connectivity index (χ2v) is 8.57. The van der Waals surface area contributed by atoms with Gasteiger partial charge in [0.1, 0.15) is 12.4 Å². The van der Waals surface area contributed by atoms with Crippen molar-refractivity contribution >= 4 is 17.6 Å². The Morgan fingerprint density at radius 2 is 1.65 bits per heavy atom. The molecule has 172 valence electrons. The molecule has 4 nitrogen and oxygen atoms in total. The maximum absolute atomic E-state index is 12.0. The first-order chi connectivity index (χ1) is 16.5. The summed E-state index contributed by atoms with van der Waals surface area (Å²) in [5.41, 5.74) is 5.45. The first-order valence-corrected chi connectivity index (χ1v) is 11.7. The molecule has 0 saturated heterocycles. The van der Waals surface area contributed by atoms with E-state index >= 15 is 0 Å². The number of rotatable bonds is 9. The molecule has 0 aliphatic heterocycles. The highest BCUT2D eigenvalue weighted by molar-refractivity contribution is 6.30. The van der Waals surface area contributed by atoms with Crippen LogP contribution in [0.1, 0.15) is 46.2 Å². The van der Waals surface area contributed by atoms with Gasteiger partial charge in [0.25, 0.3) is 0 Å². The van der Waals surface area contributed by atoms with Gasteiger partial charge in [-0.2, -0.15) is 0 Å². The van der Waals surface area contributed by atoms with E-state index in [1.54, 1.807) is 12.1 Å². The van der Waals surface area contributed by atoms with Crippen molar-refractivity contribution in [2.75, 3.05) is 0 Å². The Kier molecular flexibility index (Phi) is 7.61. The molecule has 1 aromatic heterocycles. The van der Waals surface area contributed by atoms with Crippen molar-refractivity contribution in [3.63, 3.8) is 0 Å². The number of hydrogen-bond acceptors (Lipinski definition) is 3. The number of carboxylic acids is 1. The van der Waals surface area contributed by atoms with E-state index in [-0.39, 0.29) is 12.2 Å². The number of carboxylic acid groups (broad SMARTS) is 1. The quantitative estimate of drug-likeness (QED) is 0.280. The Bertz CT molecular complexity index is 1270. The lowest BCUT2D eigenvalue weighted by Crippen LogP contribution is -2.11. The fraction of sp³-hybridized carbons (Fsp3) is 0.172. The third kappa shape index (κ3) is 5.83. The molecule has 0 amide bonds. The van der Waals surface area contributed by atoms with Gasteiger partial charge in [0.15, 0.2) is 0 Å². The van der Waals surface area contributed by atoms with Crippen molar-refractivity contribution in [2.24, 2.45) is 0 Å². The highest BCUT2D eigenvalue weighted by Gasteiger charge is 2.18. The number of nitrogens with zero attached hydrogens (tertiary/aromatic N) is 1. The van der Waals surface area contributed by atoms with Crippen LogP contribution in [-0.2, 0) is 19.4 Å². The fourth-order valence-corrected chi connectivity index (χ4v) is 4.10. The molecule has 1 N–H and O–H groups in total. The third-order valence-corrected chi connectivity index (χ3v) is 5.82. The number of hydrogen-bond donors (Lipinski definition) is 1. The molecular formula is C29H26ClNO3. The van der Waals surface area contributed by atoms with E-state index in [0.717, 1.165) is 36.1 Å². The van der Waals surface area contributed by atoms with Crippen LogP contribution in [-0.4, -0.2) is 16.1 Å². The predicted molar refractivity (Wildman–Crippen MR) is 136 cm³/mol. The van der Waals surface area contributed by atoms with Crippen LogP contribution in [0.15, 0.2) is 84.9 Å². The fourth-order valence-electron chi connectivity index (χ4n) is 3.91. The zero-order valence-corrected chi connectivity index (χ0v) is 19.8. The van der Waals surface area contributed by atoms with Gasteiger partial charge < -0.3 is 9.84 Å². The molecule has 0 saturated carbocycles. The van der Waals surface area contributed by atoms with Crippen molar-refractivity contribution in [1.82, 2.24) is 4.98 Å². The Morgan fingerprint density at radius 1 is 0.912 bits per heavy atom. The second kappa shape index (κ2) is 11.0. The minimum Gasteiger partial charge on any atom is -0.487 e. The summed E-state index contributed by atoms with van der Waals surface area (Å²) in [7, 11) is 0. The average molecular weight is 472 g/mol. The van der Waals surface area contributed by atoms with Crippen LogP contribution in [0.2, 0.25) is 5.02 Å². The summed E-state index contributed by atoms with van der Waals surface area (Å²) >= 11 is 6.17. The lowest BCUT2D eigenvalue weighted by molar-refractivity contribution is 0.0693. The minimum absolute atomic E-state index is 0.0756. The number of ether oxygens (including phenoxy) is 1. The van der Waals surface area contributed by atoms with Crippen LogP contribution < -0.4 is 4.74 Å². The number of carbonyl (C=O) groups is 1. The number of aromatic nitrogens is 1. The number of aryl methyl sites for hydroxylation is 1. The van der Waals surface area contributed by atoms with Crippen molar-refractivity contribution in [3.8, 4) is 16.9 Å². The van der Waals surface area contributed by atoms with Gasteiger partial charge in [-0.15, -0.1) is 0 Å². The van der Waals surface area contributed by atoms with Crippen LogP contribution in [0.5, 0.6) is 5.75 Å². The molecule has 0 fully saturated rings. The number of pyridine rings is 1. The molecule has 34 heavy (non-hydrogen) atoms. The molecule has 3 aromatic carbocycles. The van der Waals surface area contributed by atoms with E-state index in [1.165, 1.54) is 11.1 Å². The van der Waals surface area contributed by atoms with Gasteiger partial charge >= 0.3 is 5.97 Å². The lowest BCUT2D eigenvalue weighted by atomic mass is 9.98. The van der Waals surface area contributed by atoms with Gasteiger partial charge in [-0.3, -0.25) is 4.98 Å². The summed E-state index contributed by atoms with van der Waals surface area (Å²) in [4.78, 5) is 16.8. The second-order valence-electron chi connectivity index (χ2n) is 8.14. The van der Waals surface area contributed by atoms with E-state index in [1.807, 2.05) is 60.7 Å². The Labute approximate surface area is 204 Å². The van der Waals surface area contributed by atoms with E-state index in [0.29, 0.717) is 16.5 Å². The van der Waals surface area contributed by atoms with E-state index in [2.05, 4.69) is 19.1 Å². The minimum atomic E-state index is -1.03. The van der Waals surface area contributed by atoms with Crippen LogP contribution in [0.3, 0.4) is 0 Å². The molecule has 1 heterocycles. The van der Waals surface area contributed by atoms with Gasteiger partial charge in [-0.05, 0) is 59.9 Å². The summed E-state index contributed by atoms with van der Waals surface area (Å²) in [5, 5.41) is 10.5. The molecular weight excluding hydrogens is 446 g/mol. The zero-order chi connectivity index (χ0) is 23.9. The number of aromatic carboxylic acids is 1. The largest absolute Gasteiger partial charge is 0.487 e. The van der Waals surface area contributed by atoms with E-state index in [4.69, 9.17) is 21.3 Å². The number of benzene rings is 3. The molecule has 0 aliphatic rings. The summed E-state index contributed by atoms with van der Waals surface area (Å²) in [6, 6.07) is 27.2. The zero-order valence-electron chi connectivity index (χ0n) is 19.0. The molecule has 0 spiro atoms. The summed E-state index contributed by atoms with van der Waals surface area (Å²) in [5.74, 6) is -0.360. The van der Waals surface area contributed by atoms with Gasteiger partial charge in [0.2, 0.25) is 0 Å². The standard InChI is InChI=1S/C29H26ClNO3/c1-2-7-27-25(22-10-6-11-23(30)17-22)18-26(29(32)33)28(31-27)19-34-24-14-12-21(13-15-24)16-20-8-4-3-5-9-20/h3-6,8-15,17-18H,2,7,16,19H2,1H3,(H,32,33). The van der Waals surface area contributed by atoms with E-state index < -0.39 is 5.97 Å². The van der Waals surface area contributed by atoms with Crippen LogP contribution in [0.4, 0.5) is 0 Å². The molecule has 5 heteroatoms. The first-order valence-electron chi connectivity index (χ1n) is 11.3. The monoisotopic (exact) mass is 471 g/mol. The van der Waals surface area contributed by atoms with Gasteiger partial charge in [-0.25, -0.2) is 4.79 Å². The maximum Gasteiger partial charge on any atom is 0.337 e. The van der Waals surface area contributed by atoms with Gasteiger partial charge in [-0.1, -0.05) is 79.5 Å². The molecule has 0 radical (unpaired) electrons. The van der Waals surface area contributed by atoms with E-state index in [9.17, 15) is 9.90 Å². The number of halogens is 1. The van der Waals surface area contributed by atoms with Crippen LogP contribution in [0.25, 0.3) is 11.1 Å². The molecule has 4 rings (SSSR count). The predicted octanol–water partition coefficient (Wildman–Crippen LogP) is 7.22. The molecule has 0 unspecified atom stereocenters. The maximum atomic E-state index is 12.0. The van der Waals surface area contributed by atoms with Crippen LogP contribution >= 0.6 is 11.6 Å². The Morgan fingerprint density at radius 3 is 2.32 bits per heavy atom. The SMILES string of the molecule is CCCc1nc(COc2ccc(Cc3ccccc3)cc2)c(C(=O)O)cc1-c1cccc(Cl)c1. The molecule has 0 atom stereocenters. The molecule has 0 bridgehead atoms. The van der Waals surface area contributed by atoms with Crippen molar-refractivity contribution in [3.05, 3.63) is 118 Å². The van der Waals surface area contributed by atoms with Crippen molar-refractivity contribution < 1.29 is 14.6 Å². The molecule has 0 aliphatic carbocycles. The highest BCUT2D eigenvalue weighted by Crippen LogP contribution is 2.29. The van der Waals surface area contributed by atoms with Gasteiger partial charge in [0, 0.05) is 16.3 Å². The van der Waals surface area contributed by atoms with Crippen molar-refractivity contribution in [1.29, 1.82) is 0 Å².